The molecule has 0 atom stereocenters. The molecule has 0 spiro atoms. The summed E-state index contributed by atoms with van der Waals surface area (Å²) < 4.78 is 1.34. The number of thiazole rings is 1. The monoisotopic (exact) mass is 247 g/mol. The summed E-state index contributed by atoms with van der Waals surface area (Å²) in [5.74, 6) is 0. The Kier molecular flexibility index (Phi) is 2.45. The SMILES string of the molecule is CC1=CC=C(c2cc3sc(C)nc3s2)CC1. The van der Waals surface area contributed by atoms with E-state index in [-0.39, 0.29) is 0 Å². The first-order valence-corrected chi connectivity index (χ1v) is 7.09. The fraction of sp³-hybridized carbons (Fsp3) is 0.308. The van der Waals surface area contributed by atoms with E-state index in [9.17, 15) is 0 Å². The smallest absolute Gasteiger partial charge is 0.135 e. The number of aryl methyl sites for hydroxylation is 1. The second-order valence-electron chi connectivity index (χ2n) is 4.22. The molecule has 0 saturated heterocycles. The van der Waals surface area contributed by atoms with Gasteiger partial charge in [-0.05, 0) is 38.3 Å². The molecule has 1 aliphatic carbocycles. The van der Waals surface area contributed by atoms with Gasteiger partial charge in [0.2, 0.25) is 0 Å². The maximum Gasteiger partial charge on any atom is 0.135 e. The summed E-state index contributed by atoms with van der Waals surface area (Å²) in [6, 6.07) is 2.30. The molecule has 0 unspecified atom stereocenters. The Labute approximate surface area is 103 Å². The number of rotatable bonds is 1. The predicted molar refractivity (Wildman–Crippen MR) is 73.2 cm³/mol. The molecule has 0 aliphatic heterocycles. The molecular weight excluding hydrogens is 234 g/mol. The van der Waals surface area contributed by atoms with Gasteiger partial charge in [-0.2, -0.15) is 0 Å². The normalized spacial score (nSPS) is 16.4. The van der Waals surface area contributed by atoms with Crippen molar-refractivity contribution in [3.63, 3.8) is 0 Å². The lowest BCUT2D eigenvalue weighted by Crippen LogP contribution is -1.88. The van der Waals surface area contributed by atoms with Crippen LogP contribution < -0.4 is 0 Å². The van der Waals surface area contributed by atoms with Crippen LogP contribution in [-0.4, -0.2) is 4.98 Å². The minimum atomic E-state index is 1.17. The number of thiophene rings is 1. The van der Waals surface area contributed by atoms with Crippen molar-refractivity contribution in [3.05, 3.63) is 33.7 Å². The van der Waals surface area contributed by atoms with Gasteiger partial charge in [-0.15, -0.1) is 22.7 Å². The summed E-state index contributed by atoms with van der Waals surface area (Å²) in [5, 5.41) is 1.17. The third-order valence-corrected chi connectivity index (χ3v) is 5.02. The molecule has 2 aromatic heterocycles. The maximum atomic E-state index is 4.54. The van der Waals surface area contributed by atoms with Crippen molar-refractivity contribution in [1.82, 2.24) is 4.98 Å². The Morgan fingerprint density at radius 2 is 2.00 bits per heavy atom. The fourth-order valence-corrected chi connectivity index (χ4v) is 4.12. The van der Waals surface area contributed by atoms with Gasteiger partial charge in [0, 0.05) is 4.88 Å². The van der Waals surface area contributed by atoms with E-state index in [0.717, 1.165) is 0 Å². The Balaban J connectivity index is 2.03. The molecular formula is C13H13NS2. The molecule has 0 aromatic carbocycles. The van der Waals surface area contributed by atoms with Crippen LogP contribution in [0.3, 0.4) is 0 Å². The third-order valence-electron chi connectivity index (χ3n) is 2.87. The molecule has 1 nitrogen and oxygen atoms in total. The van der Waals surface area contributed by atoms with Crippen LogP contribution in [0.1, 0.15) is 29.7 Å². The van der Waals surface area contributed by atoms with Crippen LogP contribution in [-0.2, 0) is 0 Å². The van der Waals surface area contributed by atoms with Crippen molar-refractivity contribution < 1.29 is 0 Å². The zero-order valence-corrected chi connectivity index (χ0v) is 11.0. The van der Waals surface area contributed by atoms with E-state index >= 15 is 0 Å². The topological polar surface area (TPSA) is 12.9 Å². The van der Waals surface area contributed by atoms with Crippen LogP contribution in [0.2, 0.25) is 0 Å². The average molecular weight is 247 g/mol. The number of aromatic nitrogens is 1. The first-order chi connectivity index (χ1) is 7.72. The highest BCUT2D eigenvalue weighted by molar-refractivity contribution is 7.27. The van der Waals surface area contributed by atoms with Crippen molar-refractivity contribution in [2.45, 2.75) is 26.7 Å². The Morgan fingerprint density at radius 3 is 2.69 bits per heavy atom. The minimum absolute atomic E-state index is 1.17. The van der Waals surface area contributed by atoms with Gasteiger partial charge in [0.25, 0.3) is 0 Å². The van der Waals surface area contributed by atoms with E-state index in [1.165, 1.54) is 43.4 Å². The van der Waals surface area contributed by atoms with Crippen LogP contribution >= 0.6 is 22.7 Å². The van der Waals surface area contributed by atoms with Crippen LogP contribution in [0.4, 0.5) is 0 Å². The average Bonchev–Trinajstić information content (AvgIpc) is 2.75. The largest absolute Gasteiger partial charge is 0.231 e. The second kappa shape index (κ2) is 3.82. The van der Waals surface area contributed by atoms with Gasteiger partial charge in [0.15, 0.2) is 0 Å². The van der Waals surface area contributed by atoms with Crippen LogP contribution in [0.5, 0.6) is 0 Å². The van der Waals surface area contributed by atoms with Gasteiger partial charge >= 0.3 is 0 Å². The lowest BCUT2D eigenvalue weighted by molar-refractivity contribution is 0.980. The van der Waals surface area contributed by atoms with E-state index < -0.39 is 0 Å². The Bertz CT molecular complexity index is 567. The standard InChI is InChI=1S/C13H13NS2/c1-8-3-5-10(6-4-8)11-7-12-13(16-11)14-9(2)15-12/h3,5,7H,4,6H2,1-2H3. The first kappa shape index (κ1) is 10.2. The summed E-state index contributed by atoms with van der Waals surface area (Å²) in [5.41, 5.74) is 2.95. The van der Waals surface area contributed by atoms with Crippen LogP contribution in [0.15, 0.2) is 23.8 Å². The number of hydrogen-bond donors (Lipinski definition) is 0. The summed E-state index contributed by atoms with van der Waals surface area (Å²) in [7, 11) is 0. The Hall–Kier alpha value is -0.930. The highest BCUT2D eigenvalue weighted by Crippen LogP contribution is 2.36. The maximum absolute atomic E-state index is 4.54. The van der Waals surface area contributed by atoms with Crippen molar-refractivity contribution in [2.24, 2.45) is 0 Å². The van der Waals surface area contributed by atoms with Crippen molar-refractivity contribution in [1.29, 1.82) is 0 Å². The van der Waals surface area contributed by atoms with Crippen LogP contribution in [0, 0.1) is 6.92 Å². The highest BCUT2D eigenvalue weighted by Gasteiger charge is 2.11. The summed E-state index contributed by atoms with van der Waals surface area (Å²) in [6.45, 7) is 4.27. The second-order valence-corrected chi connectivity index (χ2v) is 6.48. The molecule has 0 fully saturated rings. The summed E-state index contributed by atoms with van der Waals surface area (Å²) >= 11 is 3.62. The number of fused-ring (bicyclic) bond motifs is 1. The van der Waals surface area contributed by atoms with Crippen molar-refractivity contribution in [3.8, 4) is 0 Å². The number of allylic oxidation sites excluding steroid dienone is 4. The van der Waals surface area contributed by atoms with Gasteiger partial charge in [-0.1, -0.05) is 17.7 Å². The zero-order chi connectivity index (χ0) is 11.1. The molecule has 0 radical (unpaired) electrons. The van der Waals surface area contributed by atoms with E-state index in [1.807, 2.05) is 11.3 Å². The Morgan fingerprint density at radius 1 is 1.12 bits per heavy atom. The molecule has 0 N–H and O–H groups in total. The molecule has 3 heteroatoms. The quantitative estimate of drug-likeness (QED) is 0.706. The van der Waals surface area contributed by atoms with E-state index in [1.54, 1.807) is 11.3 Å². The molecule has 3 rings (SSSR count). The molecule has 16 heavy (non-hydrogen) atoms. The lowest BCUT2D eigenvalue weighted by Gasteiger charge is -2.09. The molecule has 0 bridgehead atoms. The van der Waals surface area contributed by atoms with Crippen molar-refractivity contribution in [2.75, 3.05) is 0 Å². The fourth-order valence-electron chi connectivity index (χ4n) is 1.95. The molecule has 2 heterocycles. The predicted octanol–water partition coefficient (Wildman–Crippen LogP) is 4.79. The minimum Gasteiger partial charge on any atom is -0.231 e. The molecule has 2 aromatic rings. The molecule has 0 amide bonds. The lowest BCUT2D eigenvalue weighted by atomic mass is 9.99. The molecule has 0 saturated carbocycles. The van der Waals surface area contributed by atoms with Gasteiger partial charge in [-0.3, -0.25) is 0 Å². The number of nitrogens with zero attached hydrogens (tertiary/aromatic N) is 1. The molecule has 1 aliphatic rings. The van der Waals surface area contributed by atoms with Gasteiger partial charge in [-0.25, -0.2) is 4.98 Å². The van der Waals surface area contributed by atoms with Crippen molar-refractivity contribution >= 4 is 37.8 Å². The zero-order valence-electron chi connectivity index (χ0n) is 9.41. The van der Waals surface area contributed by atoms with E-state index in [4.69, 9.17) is 0 Å². The first-order valence-electron chi connectivity index (χ1n) is 5.46. The number of hydrogen-bond acceptors (Lipinski definition) is 3. The van der Waals surface area contributed by atoms with Gasteiger partial charge < -0.3 is 0 Å². The van der Waals surface area contributed by atoms with Gasteiger partial charge in [0.1, 0.15) is 4.83 Å². The molecule has 82 valence electrons. The highest BCUT2D eigenvalue weighted by atomic mass is 32.1. The van der Waals surface area contributed by atoms with Crippen LogP contribution in [0.25, 0.3) is 15.1 Å². The summed E-state index contributed by atoms with van der Waals surface area (Å²) in [4.78, 5) is 7.14. The van der Waals surface area contributed by atoms with Gasteiger partial charge in [0.05, 0.1) is 9.71 Å². The summed E-state index contributed by atoms with van der Waals surface area (Å²) in [6.07, 6.45) is 6.88. The third kappa shape index (κ3) is 1.74. The van der Waals surface area contributed by atoms with E-state index in [2.05, 4.69) is 37.0 Å². The van der Waals surface area contributed by atoms with E-state index in [0.29, 0.717) is 0 Å².